The van der Waals surface area contributed by atoms with E-state index in [0.717, 1.165) is 37.5 Å². The molecule has 2 aromatic heterocycles. The standard InChI is InChI=1S/C13H18N4O/c14-10-13(4-8-18-9-5-13)16-12-3-1-2-11-15-6-7-17(11)12/h1-3,6-7,16H,4-5,8-10,14H2. The maximum absolute atomic E-state index is 5.96. The van der Waals surface area contributed by atoms with Crippen LogP contribution in [-0.4, -0.2) is 34.7 Å². The number of ether oxygens (including phenoxy) is 1. The van der Waals surface area contributed by atoms with E-state index in [2.05, 4.69) is 16.4 Å². The monoisotopic (exact) mass is 246 g/mol. The van der Waals surface area contributed by atoms with Crippen molar-refractivity contribution < 1.29 is 4.74 Å². The van der Waals surface area contributed by atoms with Crippen molar-refractivity contribution in [2.45, 2.75) is 18.4 Å². The lowest BCUT2D eigenvalue weighted by Gasteiger charge is -2.37. The number of nitrogens with two attached hydrogens (primary N) is 1. The number of hydrogen-bond donors (Lipinski definition) is 2. The summed E-state index contributed by atoms with van der Waals surface area (Å²) in [6.45, 7) is 2.15. The minimum absolute atomic E-state index is 0.0587. The topological polar surface area (TPSA) is 64.6 Å². The highest BCUT2D eigenvalue weighted by Gasteiger charge is 2.31. The fourth-order valence-corrected chi connectivity index (χ4v) is 2.46. The van der Waals surface area contributed by atoms with Crippen molar-refractivity contribution in [1.82, 2.24) is 9.38 Å². The van der Waals surface area contributed by atoms with E-state index in [0.29, 0.717) is 6.54 Å². The number of nitrogens with one attached hydrogen (secondary N) is 1. The number of fused-ring (bicyclic) bond motifs is 1. The van der Waals surface area contributed by atoms with Gasteiger partial charge in [0.25, 0.3) is 0 Å². The van der Waals surface area contributed by atoms with Gasteiger partial charge in [-0.2, -0.15) is 0 Å². The molecule has 0 saturated carbocycles. The molecule has 1 saturated heterocycles. The summed E-state index contributed by atoms with van der Waals surface area (Å²) in [5.41, 5.74) is 6.85. The number of pyridine rings is 1. The van der Waals surface area contributed by atoms with Gasteiger partial charge in [0, 0.05) is 32.2 Å². The number of rotatable bonds is 3. The van der Waals surface area contributed by atoms with Crippen molar-refractivity contribution in [3.63, 3.8) is 0 Å². The Hall–Kier alpha value is -1.59. The van der Waals surface area contributed by atoms with Gasteiger partial charge in [0.15, 0.2) is 0 Å². The van der Waals surface area contributed by atoms with Crippen LogP contribution in [0, 0.1) is 0 Å². The van der Waals surface area contributed by atoms with Crippen LogP contribution in [0.5, 0.6) is 0 Å². The lowest BCUT2D eigenvalue weighted by atomic mass is 9.90. The molecule has 5 heteroatoms. The average molecular weight is 246 g/mol. The van der Waals surface area contributed by atoms with Crippen LogP contribution < -0.4 is 11.1 Å². The van der Waals surface area contributed by atoms with Crippen molar-refractivity contribution >= 4 is 11.5 Å². The van der Waals surface area contributed by atoms with E-state index in [1.54, 1.807) is 6.20 Å². The predicted molar refractivity (Wildman–Crippen MR) is 70.7 cm³/mol. The molecule has 0 atom stereocenters. The zero-order chi connectivity index (χ0) is 12.4. The van der Waals surface area contributed by atoms with E-state index in [4.69, 9.17) is 10.5 Å². The van der Waals surface area contributed by atoms with E-state index in [9.17, 15) is 0 Å². The van der Waals surface area contributed by atoms with Crippen molar-refractivity contribution in [2.24, 2.45) is 5.73 Å². The minimum atomic E-state index is -0.0587. The number of imidazole rings is 1. The zero-order valence-corrected chi connectivity index (χ0v) is 10.3. The largest absolute Gasteiger partial charge is 0.381 e. The molecule has 0 unspecified atom stereocenters. The number of aromatic nitrogens is 2. The van der Waals surface area contributed by atoms with Crippen LogP contribution in [0.4, 0.5) is 5.82 Å². The third-order valence-corrected chi connectivity index (χ3v) is 3.66. The van der Waals surface area contributed by atoms with Gasteiger partial charge in [-0.15, -0.1) is 0 Å². The van der Waals surface area contributed by atoms with Gasteiger partial charge in [-0.25, -0.2) is 4.98 Å². The first-order valence-corrected chi connectivity index (χ1v) is 6.31. The minimum Gasteiger partial charge on any atom is -0.381 e. The second kappa shape index (κ2) is 4.59. The van der Waals surface area contributed by atoms with Gasteiger partial charge in [0.1, 0.15) is 11.5 Å². The molecule has 3 N–H and O–H groups in total. The maximum Gasteiger partial charge on any atom is 0.138 e. The summed E-state index contributed by atoms with van der Waals surface area (Å²) in [7, 11) is 0. The zero-order valence-electron chi connectivity index (χ0n) is 10.3. The Bertz CT molecular complexity index is 531. The molecular weight excluding hydrogens is 228 g/mol. The molecule has 5 nitrogen and oxygen atoms in total. The molecule has 3 rings (SSSR count). The van der Waals surface area contributed by atoms with Gasteiger partial charge in [-0.1, -0.05) is 6.07 Å². The van der Waals surface area contributed by atoms with Crippen LogP contribution in [0.25, 0.3) is 5.65 Å². The van der Waals surface area contributed by atoms with Crippen LogP contribution in [0.2, 0.25) is 0 Å². The summed E-state index contributed by atoms with van der Waals surface area (Å²) in [4.78, 5) is 4.29. The fourth-order valence-electron chi connectivity index (χ4n) is 2.46. The summed E-state index contributed by atoms with van der Waals surface area (Å²) in [5.74, 6) is 1.04. The normalized spacial score (nSPS) is 18.9. The van der Waals surface area contributed by atoms with Gasteiger partial charge in [0.2, 0.25) is 0 Å². The van der Waals surface area contributed by atoms with Crippen LogP contribution in [-0.2, 0) is 4.74 Å². The Morgan fingerprint density at radius 2 is 2.22 bits per heavy atom. The predicted octanol–water partition coefficient (Wildman–Crippen LogP) is 1.25. The van der Waals surface area contributed by atoms with E-state index in [1.807, 2.05) is 22.7 Å². The SMILES string of the molecule is NCC1(Nc2cccc3nccn23)CCOCC1. The Kier molecular flexibility index (Phi) is 2.93. The van der Waals surface area contributed by atoms with E-state index >= 15 is 0 Å². The molecule has 2 aromatic rings. The first-order chi connectivity index (χ1) is 8.83. The molecule has 96 valence electrons. The van der Waals surface area contributed by atoms with Crippen molar-refractivity contribution in [2.75, 3.05) is 25.1 Å². The molecule has 0 radical (unpaired) electrons. The van der Waals surface area contributed by atoms with Gasteiger partial charge in [-0.3, -0.25) is 4.40 Å². The summed E-state index contributed by atoms with van der Waals surface area (Å²) in [6.07, 6.45) is 5.64. The van der Waals surface area contributed by atoms with Gasteiger partial charge >= 0.3 is 0 Å². The van der Waals surface area contributed by atoms with E-state index in [1.165, 1.54) is 0 Å². The fraction of sp³-hybridized carbons (Fsp3) is 0.462. The highest BCUT2D eigenvalue weighted by molar-refractivity contribution is 5.51. The molecule has 1 aliphatic heterocycles. The molecule has 0 aliphatic carbocycles. The maximum atomic E-state index is 5.96. The van der Waals surface area contributed by atoms with Crippen LogP contribution >= 0.6 is 0 Å². The third kappa shape index (κ3) is 1.95. The summed E-state index contributed by atoms with van der Waals surface area (Å²) in [5, 5.41) is 3.59. The number of hydrogen-bond acceptors (Lipinski definition) is 4. The molecule has 0 aromatic carbocycles. The quantitative estimate of drug-likeness (QED) is 0.855. The summed E-state index contributed by atoms with van der Waals surface area (Å²) >= 11 is 0. The van der Waals surface area contributed by atoms with Crippen LogP contribution in [0.1, 0.15) is 12.8 Å². The molecule has 1 fully saturated rings. The first-order valence-electron chi connectivity index (χ1n) is 6.31. The number of nitrogens with zero attached hydrogens (tertiary/aromatic N) is 2. The van der Waals surface area contributed by atoms with Gasteiger partial charge < -0.3 is 15.8 Å². The molecule has 0 bridgehead atoms. The highest BCUT2D eigenvalue weighted by Crippen LogP contribution is 2.25. The van der Waals surface area contributed by atoms with Crippen molar-refractivity contribution in [3.05, 3.63) is 30.6 Å². The molecule has 0 amide bonds. The Labute approximate surface area is 106 Å². The number of anilines is 1. The van der Waals surface area contributed by atoms with E-state index < -0.39 is 0 Å². The second-order valence-corrected chi connectivity index (χ2v) is 4.79. The summed E-state index contributed by atoms with van der Waals surface area (Å²) in [6, 6.07) is 6.06. The molecular formula is C13H18N4O. The van der Waals surface area contributed by atoms with Gasteiger partial charge in [-0.05, 0) is 25.0 Å². The summed E-state index contributed by atoms with van der Waals surface area (Å²) < 4.78 is 7.47. The van der Waals surface area contributed by atoms with Crippen LogP contribution in [0.3, 0.4) is 0 Å². The van der Waals surface area contributed by atoms with Crippen molar-refractivity contribution in [3.8, 4) is 0 Å². The van der Waals surface area contributed by atoms with Crippen molar-refractivity contribution in [1.29, 1.82) is 0 Å². The highest BCUT2D eigenvalue weighted by atomic mass is 16.5. The first kappa shape index (κ1) is 11.5. The molecule has 0 spiro atoms. The molecule has 3 heterocycles. The molecule has 1 aliphatic rings. The Morgan fingerprint density at radius 1 is 1.39 bits per heavy atom. The lowest BCUT2D eigenvalue weighted by Crippen LogP contribution is -2.50. The van der Waals surface area contributed by atoms with E-state index in [-0.39, 0.29) is 5.54 Å². The third-order valence-electron chi connectivity index (χ3n) is 3.66. The van der Waals surface area contributed by atoms with Crippen LogP contribution in [0.15, 0.2) is 30.6 Å². The average Bonchev–Trinajstić information content (AvgIpc) is 2.89. The lowest BCUT2D eigenvalue weighted by molar-refractivity contribution is 0.0626. The Morgan fingerprint density at radius 3 is 3.00 bits per heavy atom. The second-order valence-electron chi connectivity index (χ2n) is 4.79. The van der Waals surface area contributed by atoms with Gasteiger partial charge in [0.05, 0.1) is 5.54 Å². The smallest absolute Gasteiger partial charge is 0.138 e. The molecule has 18 heavy (non-hydrogen) atoms. The Balaban J connectivity index is 1.92.